The average molecular weight is 238 g/mol. The van der Waals surface area contributed by atoms with E-state index in [1.165, 1.54) is 0 Å². The number of rotatable bonds is 1. The van der Waals surface area contributed by atoms with Gasteiger partial charge in [-0.1, -0.05) is 28.1 Å². The summed E-state index contributed by atoms with van der Waals surface area (Å²) < 4.78 is -0.653. The number of halogens is 2. The Labute approximate surface area is 79.9 Å². The topological polar surface area (TPSA) is 20.2 Å². The van der Waals surface area contributed by atoms with Gasteiger partial charge in [-0.05, 0) is 25.5 Å². The van der Waals surface area contributed by atoms with Crippen molar-refractivity contribution in [2.45, 2.75) is 23.2 Å². The van der Waals surface area contributed by atoms with Crippen molar-refractivity contribution in [3.8, 4) is 0 Å². The van der Waals surface area contributed by atoms with Gasteiger partial charge in [0.1, 0.15) is 9.38 Å². The fraction of sp³-hybridized carbons (Fsp3) is 0.500. The molecule has 0 aliphatic heterocycles. The van der Waals surface area contributed by atoms with Crippen LogP contribution >= 0.6 is 27.5 Å². The third-order valence-electron chi connectivity index (χ3n) is 1.70. The Balaban J connectivity index is 2.94. The number of hydrogen-bond donors (Lipinski definition) is 1. The van der Waals surface area contributed by atoms with Crippen LogP contribution in [0, 0.1) is 0 Å². The average Bonchev–Trinajstić information content (AvgIpc) is 2.06. The molecule has 0 saturated heterocycles. The molecule has 0 aromatic carbocycles. The molecular weight excluding hydrogens is 227 g/mol. The lowest BCUT2D eigenvalue weighted by atomic mass is 9.97. The molecular formula is C8H10BrClO. The minimum absolute atomic E-state index is 0.653. The van der Waals surface area contributed by atoms with Crippen molar-refractivity contribution in [2.75, 3.05) is 0 Å². The van der Waals surface area contributed by atoms with Crippen LogP contribution in [0.1, 0.15) is 13.8 Å². The quantitative estimate of drug-likeness (QED) is 0.695. The Kier molecular flexibility index (Phi) is 2.21. The van der Waals surface area contributed by atoms with E-state index >= 15 is 0 Å². The molecule has 1 aliphatic carbocycles. The Hall–Kier alpha value is 0.210. The molecule has 0 amide bonds. The van der Waals surface area contributed by atoms with Gasteiger partial charge in [-0.3, -0.25) is 0 Å². The highest BCUT2D eigenvalue weighted by molar-refractivity contribution is 9.10. The summed E-state index contributed by atoms with van der Waals surface area (Å²) in [6, 6.07) is 0. The Morgan fingerprint density at radius 3 is 2.45 bits per heavy atom. The van der Waals surface area contributed by atoms with Gasteiger partial charge >= 0.3 is 0 Å². The minimum Gasteiger partial charge on any atom is -0.382 e. The third kappa shape index (κ3) is 1.86. The molecule has 11 heavy (non-hydrogen) atoms. The van der Waals surface area contributed by atoms with Crippen LogP contribution in [0.4, 0.5) is 0 Å². The molecule has 0 fully saturated rings. The standard InChI is InChI=1S/C8H10BrClO/c1-7(11)5-3-4-6(7)8(2,9)10/h3-5,11H,1-2H3/t7?,8-/m0/s1. The molecule has 0 bridgehead atoms. The van der Waals surface area contributed by atoms with Gasteiger partial charge < -0.3 is 5.11 Å². The maximum Gasteiger partial charge on any atom is 0.121 e. The Bertz CT molecular complexity index is 223. The van der Waals surface area contributed by atoms with Crippen LogP contribution in [0.2, 0.25) is 0 Å². The molecule has 0 heterocycles. The molecule has 0 spiro atoms. The highest BCUT2D eigenvalue weighted by atomic mass is 79.9. The van der Waals surface area contributed by atoms with Gasteiger partial charge in [-0.15, -0.1) is 11.6 Å². The Morgan fingerprint density at radius 2 is 2.27 bits per heavy atom. The first-order valence-electron chi connectivity index (χ1n) is 3.35. The number of alkyl halides is 2. The molecule has 1 unspecified atom stereocenters. The molecule has 3 heteroatoms. The van der Waals surface area contributed by atoms with Gasteiger partial charge in [0.2, 0.25) is 0 Å². The molecule has 0 radical (unpaired) electrons. The van der Waals surface area contributed by atoms with Crippen LogP contribution in [0.15, 0.2) is 23.8 Å². The zero-order chi connectivity index (χ0) is 8.70. The van der Waals surface area contributed by atoms with E-state index in [0.717, 1.165) is 5.57 Å². The largest absolute Gasteiger partial charge is 0.382 e. The lowest BCUT2D eigenvalue weighted by molar-refractivity contribution is 0.150. The summed E-state index contributed by atoms with van der Waals surface area (Å²) in [5.41, 5.74) is -0.133. The normalized spacial score (nSPS) is 35.2. The van der Waals surface area contributed by atoms with Crippen LogP contribution in [-0.2, 0) is 0 Å². The third-order valence-corrected chi connectivity index (χ3v) is 2.33. The number of allylic oxidation sites excluding steroid dienone is 2. The highest BCUT2D eigenvalue weighted by Gasteiger charge is 2.36. The first-order chi connectivity index (χ1) is 4.84. The molecule has 0 aromatic heterocycles. The summed E-state index contributed by atoms with van der Waals surface area (Å²) in [7, 11) is 0. The molecule has 2 atom stereocenters. The number of aliphatic hydroxyl groups is 1. The maximum absolute atomic E-state index is 9.72. The monoisotopic (exact) mass is 236 g/mol. The summed E-state index contributed by atoms with van der Waals surface area (Å²) in [5.74, 6) is 0. The second-order valence-corrected chi connectivity index (χ2v) is 5.77. The maximum atomic E-state index is 9.72. The second kappa shape index (κ2) is 2.61. The summed E-state index contributed by atoms with van der Waals surface area (Å²) in [6.45, 7) is 3.51. The zero-order valence-corrected chi connectivity index (χ0v) is 8.78. The van der Waals surface area contributed by atoms with Crippen LogP contribution in [0.25, 0.3) is 0 Å². The van der Waals surface area contributed by atoms with Crippen molar-refractivity contribution in [3.05, 3.63) is 23.8 Å². The fourth-order valence-electron chi connectivity index (χ4n) is 1.18. The van der Waals surface area contributed by atoms with Crippen molar-refractivity contribution in [1.82, 2.24) is 0 Å². The highest BCUT2D eigenvalue weighted by Crippen LogP contribution is 2.40. The van der Waals surface area contributed by atoms with E-state index in [1.807, 2.05) is 6.08 Å². The van der Waals surface area contributed by atoms with E-state index in [2.05, 4.69) is 15.9 Å². The SMILES string of the molecule is CC1(O)C=CC=C1[C@](C)(Cl)Br. The minimum atomic E-state index is -0.903. The molecule has 1 rings (SSSR count). The smallest absolute Gasteiger partial charge is 0.121 e. The summed E-state index contributed by atoms with van der Waals surface area (Å²) >= 11 is 9.25. The van der Waals surface area contributed by atoms with Gasteiger partial charge in [0.05, 0.1) is 0 Å². The summed E-state index contributed by atoms with van der Waals surface area (Å²) in [4.78, 5) is 0. The molecule has 1 nitrogen and oxygen atoms in total. The van der Waals surface area contributed by atoms with Gasteiger partial charge in [0.15, 0.2) is 0 Å². The fourth-order valence-corrected chi connectivity index (χ4v) is 1.97. The molecule has 62 valence electrons. The lowest BCUT2D eigenvalue weighted by Crippen LogP contribution is -2.30. The lowest BCUT2D eigenvalue weighted by Gasteiger charge is -2.27. The van der Waals surface area contributed by atoms with Crippen molar-refractivity contribution >= 4 is 27.5 Å². The van der Waals surface area contributed by atoms with Crippen molar-refractivity contribution < 1.29 is 5.11 Å². The van der Waals surface area contributed by atoms with Gasteiger partial charge in [0, 0.05) is 0 Å². The van der Waals surface area contributed by atoms with Crippen LogP contribution in [-0.4, -0.2) is 14.5 Å². The predicted molar refractivity (Wildman–Crippen MR) is 51.0 cm³/mol. The van der Waals surface area contributed by atoms with Crippen LogP contribution in [0.5, 0.6) is 0 Å². The zero-order valence-electron chi connectivity index (χ0n) is 6.44. The van der Waals surface area contributed by atoms with E-state index in [9.17, 15) is 5.11 Å². The molecule has 0 saturated carbocycles. The van der Waals surface area contributed by atoms with Crippen molar-refractivity contribution in [3.63, 3.8) is 0 Å². The summed E-state index contributed by atoms with van der Waals surface area (Å²) in [5, 5.41) is 9.72. The first kappa shape index (κ1) is 9.30. The van der Waals surface area contributed by atoms with Gasteiger partial charge in [-0.2, -0.15) is 0 Å². The number of hydrogen-bond acceptors (Lipinski definition) is 1. The molecule has 0 aromatic rings. The van der Waals surface area contributed by atoms with E-state index in [1.54, 1.807) is 26.0 Å². The molecule has 1 aliphatic rings. The van der Waals surface area contributed by atoms with E-state index in [0.29, 0.717) is 0 Å². The van der Waals surface area contributed by atoms with E-state index in [4.69, 9.17) is 11.6 Å². The second-order valence-electron chi connectivity index (χ2n) is 2.98. The van der Waals surface area contributed by atoms with E-state index in [-0.39, 0.29) is 0 Å². The van der Waals surface area contributed by atoms with Crippen molar-refractivity contribution in [1.29, 1.82) is 0 Å². The van der Waals surface area contributed by atoms with Crippen LogP contribution in [0.3, 0.4) is 0 Å². The Morgan fingerprint density at radius 1 is 1.73 bits per heavy atom. The summed E-state index contributed by atoms with van der Waals surface area (Å²) in [6.07, 6.45) is 5.34. The van der Waals surface area contributed by atoms with Gasteiger partial charge in [-0.25, -0.2) is 0 Å². The predicted octanol–water partition coefficient (Wildman–Crippen LogP) is 2.58. The van der Waals surface area contributed by atoms with Crippen molar-refractivity contribution in [2.24, 2.45) is 0 Å². The van der Waals surface area contributed by atoms with Crippen LogP contribution < -0.4 is 0 Å². The van der Waals surface area contributed by atoms with E-state index < -0.39 is 9.38 Å². The van der Waals surface area contributed by atoms with Gasteiger partial charge in [0.25, 0.3) is 0 Å². The molecule has 1 N–H and O–H groups in total. The first-order valence-corrected chi connectivity index (χ1v) is 4.52.